The van der Waals surface area contributed by atoms with Crippen LogP contribution in [0.1, 0.15) is 12.0 Å². The molecule has 0 radical (unpaired) electrons. The molecule has 16 heavy (non-hydrogen) atoms. The van der Waals surface area contributed by atoms with Gasteiger partial charge in [0.2, 0.25) is 0 Å². The van der Waals surface area contributed by atoms with E-state index in [0.717, 1.165) is 24.0 Å². The normalized spacial score (nSPS) is 10.6. The summed E-state index contributed by atoms with van der Waals surface area (Å²) in [6.07, 6.45) is 1.71. The third-order valence-corrected chi connectivity index (χ3v) is 2.80. The fourth-order valence-electron chi connectivity index (χ4n) is 2.00. The molecular weight excluding hydrogens is 200 g/mol. The molecule has 0 amide bonds. The van der Waals surface area contributed by atoms with Gasteiger partial charge in [-0.25, -0.2) is 0 Å². The minimum absolute atomic E-state index is 0.236. The molecule has 2 heteroatoms. The number of fused-ring (bicyclic) bond motifs is 1. The lowest BCUT2D eigenvalue weighted by Gasteiger charge is -2.09. The zero-order valence-electron chi connectivity index (χ0n) is 9.44. The highest BCUT2D eigenvalue weighted by Crippen LogP contribution is 2.28. The average Bonchev–Trinajstić information content (AvgIpc) is 2.36. The summed E-state index contributed by atoms with van der Waals surface area (Å²) < 4.78 is 5.34. The number of aliphatic hydroxyl groups is 1. The number of hydrogen-bond donors (Lipinski definition) is 1. The third-order valence-electron chi connectivity index (χ3n) is 2.80. The topological polar surface area (TPSA) is 29.5 Å². The Balaban J connectivity index is 2.51. The van der Waals surface area contributed by atoms with E-state index in [1.807, 2.05) is 18.2 Å². The van der Waals surface area contributed by atoms with Gasteiger partial charge < -0.3 is 9.84 Å². The second kappa shape index (κ2) is 4.99. The zero-order valence-corrected chi connectivity index (χ0v) is 9.44. The van der Waals surface area contributed by atoms with Gasteiger partial charge >= 0.3 is 0 Å². The van der Waals surface area contributed by atoms with Crippen molar-refractivity contribution in [3.8, 4) is 5.75 Å². The maximum absolute atomic E-state index is 8.88. The van der Waals surface area contributed by atoms with Crippen molar-refractivity contribution in [1.82, 2.24) is 0 Å². The molecule has 0 fully saturated rings. The zero-order chi connectivity index (χ0) is 11.4. The van der Waals surface area contributed by atoms with Crippen LogP contribution in [0.2, 0.25) is 0 Å². The molecular formula is C14H16O2. The van der Waals surface area contributed by atoms with Gasteiger partial charge in [-0.3, -0.25) is 0 Å². The average molecular weight is 216 g/mol. The highest BCUT2D eigenvalue weighted by molar-refractivity contribution is 5.91. The van der Waals surface area contributed by atoms with E-state index >= 15 is 0 Å². The first-order valence-electron chi connectivity index (χ1n) is 5.52. The molecule has 2 aromatic rings. The van der Waals surface area contributed by atoms with Gasteiger partial charge in [-0.2, -0.15) is 0 Å². The molecule has 0 aromatic heterocycles. The predicted molar refractivity (Wildman–Crippen MR) is 65.9 cm³/mol. The van der Waals surface area contributed by atoms with Crippen molar-refractivity contribution < 1.29 is 9.84 Å². The van der Waals surface area contributed by atoms with Gasteiger partial charge in [0, 0.05) is 12.0 Å². The summed E-state index contributed by atoms with van der Waals surface area (Å²) >= 11 is 0. The minimum Gasteiger partial charge on any atom is -0.496 e. The Labute approximate surface area is 95.5 Å². The van der Waals surface area contributed by atoms with Crippen LogP contribution in [-0.4, -0.2) is 18.8 Å². The molecule has 0 saturated heterocycles. The largest absolute Gasteiger partial charge is 0.496 e. The number of aliphatic hydroxyl groups excluding tert-OH is 1. The Kier molecular flexibility index (Phi) is 3.42. The van der Waals surface area contributed by atoms with Crippen molar-refractivity contribution >= 4 is 10.8 Å². The molecule has 0 bridgehead atoms. The van der Waals surface area contributed by atoms with Crippen molar-refractivity contribution in [1.29, 1.82) is 0 Å². The van der Waals surface area contributed by atoms with Crippen molar-refractivity contribution in [2.45, 2.75) is 12.8 Å². The highest BCUT2D eigenvalue weighted by atomic mass is 16.5. The van der Waals surface area contributed by atoms with Crippen molar-refractivity contribution in [2.75, 3.05) is 13.7 Å². The first-order valence-corrected chi connectivity index (χ1v) is 5.52. The van der Waals surface area contributed by atoms with E-state index in [1.165, 1.54) is 10.9 Å². The summed E-state index contributed by atoms with van der Waals surface area (Å²) in [4.78, 5) is 0. The molecule has 0 atom stereocenters. The Morgan fingerprint density at radius 3 is 2.50 bits per heavy atom. The van der Waals surface area contributed by atoms with Gasteiger partial charge in [0.1, 0.15) is 5.75 Å². The Morgan fingerprint density at radius 2 is 1.81 bits per heavy atom. The predicted octanol–water partition coefficient (Wildman–Crippen LogP) is 2.77. The van der Waals surface area contributed by atoms with Crippen LogP contribution >= 0.6 is 0 Å². The number of rotatable bonds is 4. The summed E-state index contributed by atoms with van der Waals surface area (Å²) in [5, 5.41) is 11.2. The fourth-order valence-corrected chi connectivity index (χ4v) is 2.00. The molecule has 0 unspecified atom stereocenters. The molecule has 2 nitrogen and oxygen atoms in total. The SMILES string of the molecule is COc1ccc(CCCO)c2ccccc12. The molecule has 1 N–H and O–H groups in total. The van der Waals surface area contributed by atoms with Crippen LogP contribution in [0, 0.1) is 0 Å². The van der Waals surface area contributed by atoms with Gasteiger partial charge in [0.25, 0.3) is 0 Å². The first kappa shape index (κ1) is 11.0. The summed E-state index contributed by atoms with van der Waals surface area (Å²) in [5.74, 6) is 0.906. The number of aryl methyl sites for hydroxylation is 1. The Morgan fingerprint density at radius 1 is 1.06 bits per heavy atom. The molecule has 2 aromatic carbocycles. The minimum atomic E-state index is 0.236. The Bertz CT molecular complexity index is 477. The van der Waals surface area contributed by atoms with Gasteiger partial charge in [0.05, 0.1) is 7.11 Å². The second-order valence-corrected chi connectivity index (χ2v) is 3.80. The standard InChI is InChI=1S/C14H16O2/c1-16-14-9-8-11(5-4-10-15)12-6-2-3-7-13(12)14/h2-3,6-9,15H,4-5,10H2,1H3. The molecule has 84 valence electrons. The second-order valence-electron chi connectivity index (χ2n) is 3.80. The van der Waals surface area contributed by atoms with Crippen LogP contribution in [0.25, 0.3) is 10.8 Å². The van der Waals surface area contributed by atoms with Crippen molar-refractivity contribution in [2.24, 2.45) is 0 Å². The van der Waals surface area contributed by atoms with Crippen LogP contribution in [-0.2, 0) is 6.42 Å². The van der Waals surface area contributed by atoms with Crippen LogP contribution < -0.4 is 4.74 Å². The van der Waals surface area contributed by atoms with Crippen LogP contribution in [0.5, 0.6) is 5.75 Å². The molecule has 0 aliphatic carbocycles. The summed E-state index contributed by atoms with van der Waals surface area (Å²) in [6.45, 7) is 0.236. The van der Waals surface area contributed by atoms with E-state index in [0.29, 0.717) is 0 Å². The smallest absolute Gasteiger partial charge is 0.126 e. The number of hydrogen-bond acceptors (Lipinski definition) is 2. The van der Waals surface area contributed by atoms with Gasteiger partial charge in [-0.05, 0) is 29.9 Å². The molecule has 0 saturated carbocycles. The fraction of sp³-hybridized carbons (Fsp3) is 0.286. The monoisotopic (exact) mass is 216 g/mol. The van der Waals surface area contributed by atoms with Gasteiger partial charge in [0.15, 0.2) is 0 Å². The highest BCUT2D eigenvalue weighted by Gasteiger charge is 2.05. The van der Waals surface area contributed by atoms with E-state index in [-0.39, 0.29) is 6.61 Å². The van der Waals surface area contributed by atoms with Crippen LogP contribution in [0.3, 0.4) is 0 Å². The Hall–Kier alpha value is -1.54. The van der Waals surface area contributed by atoms with E-state index in [1.54, 1.807) is 7.11 Å². The van der Waals surface area contributed by atoms with Crippen molar-refractivity contribution in [3.63, 3.8) is 0 Å². The number of ether oxygens (including phenoxy) is 1. The van der Waals surface area contributed by atoms with Crippen LogP contribution in [0.4, 0.5) is 0 Å². The summed E-state index contributed by atoms with van der Waals surface area (Å²) in [5.41, 5.74) is 1.27. The van der Waals surface area contributed by atoms with E-state index < -0.39 is 0 Å². The number of benzene rings is 2. The lowest BCUT2D eigenvalue weighted by molar-refractivity contribution is 0.289. The van der Waals surface area contributed by atoms with E-state index in [2.05, 4.69) is 18.2 Å². The molecule has 0 aliphatic heterocycles. The van der Waals surface area contributed by atoms with Crippen molar-refractivity contribution in [3.05, 3.63) is 42.0 Å². The lowest BCUT2D eigenvalue weighted by Crippen LogP contribution is -1.93. The molecule has 0 aliphatic rings. The maximum atomic E-state index is 8.88. The van der Waals surface area contributed by atoms with E-state index in [4.69, 9.17) is 9.84 Å². The van der Waals surface area contributed by atoms with Gasteiger partial charge in [-0.1, -0.05) is 30.3 Å². The molecule has 0 heterocycles. The molecule has 0 spiro atoms. The lowest BCUT2D eigenvalue weighted by atomic mass is 10.0. The number of methoxy groups -OCH3 is 1. The first-order chi connectivity index (χ1) is 7.86. The van der Waals surface area contributed by atoms with Crippen LogP contribution in [0.15, 0.2) is 36.4 Å². The maximum Gasteiger partial charge on any atom is 0.126 e. The summed E-state index contributed by atoms with van der Waals surface area (Å²) in [7, 11) is 1.69. The quantitative estimate of drug-likeness (QED) is 0.851. The molecule has 2 rings (SSSR count). The van der Waals surface area contributed by atoms with Gasteiger partial charge in [-0.15, -0.1) is 0 Å². The third kappa shape index (κ3) is 2.02. The van der Waals surface area contributed by atoms with E-state index in [9.17, 15) is 0 Å². The summed E-state index contributed by atoms with van der Waals surface area (Å²) in [6, 6.07) is 12.3.